The predicted molar refractivity (Wildman–Crippen MR) is 70.3 cm³/mol. The summed E-state index contributed by atoms with van der Waals surface area (Å²) in [6, 6.07) is 4.38. The molecule has 0 radical (unpaired) electrons. The van der Waals surface area contributed by atoms with Crippen LogP contribution in [0.3, 0.4) is 0 Å². The molecular weight excluding hydrogens is 265 g/mol. The molecule has 0 aliphatic carbocycles. The zero-order valence-corrected chi connectivity index (χ0v) is 11.3. The van der Waals surface area contributed by atoms with E-state index in [1.807, 2.05) is 0 Å². The lowest BCUT2D eigenvalue weighted by Crippen LogP contribution is -2.25. The van der Waals surface area contributed by atoms with Gasteiger partial charge >= 0.3 is 0 Å². The minimum absolute atomic E-state index is 0.223. The van der Waals surface area contributed by atoms with Gasteiger partial charge in [-0.3, -0.25) is 0 Å². The van der Waals surface area contributed by atoms with Crippen LogP contribution >= 0.6 is 0 Å². The Kier molecular flexibility index (Phi) is 4.59. The highest BCUT2D eigenvalue weighted by atomic mass is 19.1. The summed E-state index contributed by atoms with van der Waals surface area (Å²) in [5, 5.41) is 11.3. The van der Waals surface area contributed by atoms with Crippen molar-refractivity contribution in [1.82, 2.24) is 20.2 Å². The molecule has 7 nitrogen and oxygen atoms in total. The van der Waals surface area contributed by atoms with Gasteiger partial charge in [-0.25, -0.2) is 9.07 Å². The van der Waals surface area contributed by atoms with E-state index in [1.54, 1.807) is 26.4 Å². The summed E-state index contributed by atoms with van der Waals surface area (Å²) in [5.41, 5.74) is 6.16. The van der Waals surface area contributed by atoms with E-state index in [9.17, 15) is 4.39 Å². The lowest BCUT2D eigenvalue weighted by atomic mass is 10.2. The Hall–Kier alpha value is -2.06. The Bertz CT molecular complexity index is 575. The molecule has 0 aliphatic heterocycles. The van der Waals surface area contributed by atoms with Gasteiger partial charge in [-0.1, -0.05) is 0 Å². The summed E-state index contributed by atoms with van der Waals surface area (Å²) in [7, 11) is 3.14. The average molecular weight is 281 g/mol. The van der Waals surface area contributed by atoms with E-state index < -0.39 is 5.82 Å². The number of rotatable bonds is 6. The molecule has 1 heterocycles. The fourth-order valence-electron chi connectivity index (χ4n) is 1.81. The van der Waals surface area contributed by atoms with Gasteiger partial charge in [0.15, 0.2) is 5.82 Å². The molecule has 1 aromatic heterocycles. The number of methoxy groups -OCH3 is 2. The van der Waals surface area contributed by atoms with E-state index in [0.29, 0.717) is 24.7 Å². The van der Waals surface area contributed by atoms with Gasteiger partial charge in [-0.2, -0.15) is 0 Å². The molecule has 1 atom stereocenters. The van der Waals surface area contributed by atoms with Crippen molar-refractivity contribution in [2.75, 3.05) is 26.6 Å². The largest absolute Gasteiger partial charge is 0.399 e. The maximum absolute atomic E-state index is 13.9. The molecule has 0 bridgehead atoms. The van der Waals surface area contributed by atoms with E-state index in [-0.39, 0.29) is 11.7 Å². The van der Waals surface area contributed by atoms with Crippen molar-refractivity contribution in [2.24, 2.45) is 0 Å². The van der Waals surface area contributed by atoms with Gasteiger partial charge in [0.2, 0.25) is 0 Å². The van der Waals surface area contributed by atoms with Crippen molar-refractivity contribution < 1.29 is 13.9 Å². The number of nitrogen functional groups attached to an aromatic ring is 1. The number of benzene rings is 1. The number of aromatic nitrogens is 4. The summed E-state index contributed by atoms with van der Waals surface area (Å²) >= 11 is 0. The SMILES string of the molecule is COCC(Cn1nnnc1-c1ccc(N)cc1F)OC. The Labute approximate surface area is 115 Å². The molecule has 20 heavy (non-hydrogen) atoms. The molecule has 0 amide bonds. The van der Waals surface area contributed by atoms with Gasteiger partial charge in [0.1, 0.15) is 11.9 Å². The summed E-state index contributed by atoms with van der Waals surface area (Å²) in [5.74, 6) is -0.151. The number of ether oxygens (including phenoxy) is 2. The second-order valence-electron chi connectivity index (χ2n) is 4.24. The number of anilines is 1. The number of hydrogen-bond acceptors (Lipinski definition) is 6. The van der Waals surface area contributed by atoms with Crippen molar-refractivity contribution in [3.63, 3.8) is 0 Å². The standard InChI is InChI=1S/C12H16FN5O2/c1-19-7-9(20-2)6-18-12(15-16-17-18)10-4-3-8(14)5-11(10)13/h3-5,9H,6-7,14H2,1-2H3. The second-order valence-corrected chi connectivity index (χ2v) is 4.24. The molecule has 2 aromatic rings. The molecule has 8 heteroatoms. The highest BCUT2D eigenvalue weighted by Crippen LogP contribution is 2.22. The highest BCUT2D eigenvalue weighted by molar-refractivity contribution is 5.59. The zero-order valence-electron chi connectivity index (χ0n) is 11.3. The smallest absolute Gasteiger partial charge is 0.185 e. The highest BCUT2D eigenvalue weighted by Gasteiger charge is 2.17. The van der Waals surface area contributed by atoms with Gasteiger partial charge in [0.25, 0.3) is 0 Å². The van der Waals surface area contributed by atoms with Crippen LogP contribution in [-0.2, 0) is 16.0 Å². The van der Waals surface area contributed by atoms with Gasteiger partial charge in [0.05, 0.1) is 18.7 Å². The van der Waals surface area contributed by atoms with Crippen molar-refractivity contribution in [3.05, 3.63) is 24.0 Å². The van der Waals surface area contributed by atoms with E-state index in [1.165, 1.54) is 10.7 Å². The monoisotopic (exact) mass is 281 g/mol. The average Bonchev–Trinajstić information content (AvgIpc) is 2.86. The van der Waals surface area contributed by atoms with Crippen LogP contribution < -0.4 is 5.73 Å². The first-order valence-electron chi connectivity index (χ1n) is 5.99. The first-order valence-corrected chi connectivity index (χ1v) is 5.99. The van der Waals surface area contributed by atoms with Gasteiger partial charge in [-0.15, -0.1) is 5.10 Å². The van der Waals surface area contributed by atoms with Crippen LogP contribution in [0.25, 0.3) is 11.4 Å². The van der Waals surface area contributed by atoms with E-state index in [2.05, 4.69) is 15.5 Å². The second kappa shape index (κ2) is 6.40. The van der Waals surface area contributed by atoms with Gasteiger partial charge in [0, 0.05) is 19.9 Å². The minimum Gasteiger partial charge on any atom is -0.399 e. The minimum atomic E-state index is -0.471. The summed E-state index contributed by atoms with van der Waals surface area (Å²) in [6.07, 6.45) is -0.223. The summed E-state index contributed by atoms with van der Waals surface area (Å²) in [6.45, 7) is 0.747. The third-order valence-corrected chi connectivity index (χ3v) is 2.83. The fourth-order valence-corrected chi connectivity index (χ4v) is 1.81. The third kappa shape index (κ3) is 3.09. The first kappa shape index (κ1) is 14.4. The van der Waals surface area contributed by atoms with Crippen molar-refractivity contribution in [3.8, 4) is 11.4 Å². The molecule has 0 saturated heterocycles. The Morgan fingerprint density at radius 1 is 1.40 bits per heavy atom. The van der Waals surface area contributed by atoms with Crippen LogP contribution in [0.4, 0.5) is 10.1 Å². The lowest BCUT2D eigenvalue weighted by Gasteiger charge is -2.14. The first-order chi connectivity index (χ1) is 9.65. The predicted octanol–water partition coefficient (Wildman–Crippen LogP) is 0.723. The van der Waals surface area contributed by atoms with Gasteiger partial charge < -0.3 is 15.2 Å². The topological polar surface area (TPSA) is 88.1 Å². The molecule has 0 fully saturated rings. The molecule has 108 valence electrons. The fraction of sp³-hybridized carbons (Fsp3) is 0.417. The van der Waals surface area contributed by atoms with Crippen LogP contribution in [0.15, 0.2) is 18.2 Å². The summed E-state index contributed by atoms with van der Waals surface area (Å²) in [4.78, 5) is 0. The molecule has 2 N–H and O–H groups in total. The Balaban J connectivity index is 2.28. The molecule has 0 aliphatic rings. The van der Waals surface area contributed by atoms with Crippen LogP contribution in [0.5, 0.6) is 0 Å². The maximum atomic E-state index is 13.9. The quantitative estimate of drug-likeness (QED) is 0.785. The number of nitrogens with two attached hydrogens (primary N) is 1. The number of halogens is 1. The van der Waals surface area contributed by atoms with Crippen molar-refractivity contribution >= 4 is 5.69 Å². The molecule has 1 unspecified atom stereocenters. The third-order valence-electron chi connectivity index (χ3n) is 2.83. The molecule has 2 rings (SSSR count). The molecular formula is C12H16FN5O2. The van der Waals surface area contributed by atoms with Crippen molar-refractivity contribution in [2.45, 2.75) is 12.6 Å². The lowest BCUT2D eigenvalue weighted by molar-refractivity contribution is 0.0163. The van der Waals surface area contributed by atoms with E-state index >= 15 is 0 Å². The van der Waals surface area contributed by atoms with Crippen molar-refractivity contribution in [1.29, 1.82) is 0 Å². The molecule has 1 aromatic carbocycles. The van der Waals surface area contributed by atoms with Crippen LogP contribution in [0.2, 0.25) is 0 Å². The number of nitrogens with zero attached hydrogens (tertiary/aromatic N) is 4. The summed E-state index contributed by atoms with van der Waals surface area (Å²) < 4.78 is 25.7. The van der Waals surface area contributed by atoms with Crippen LogP contribution in [0.1, 0.15) is 0 Å². The van der Waals surface area contributed by atoms with E-state index in [4.69, 9.17) is 15.2 Å². The van der Waals surface area contributed by atoms with Crippen LogP contribution in [-0.4, -0.2) is 47.1 Å². The molecule has 0 spiro atoms. The normalized spacial score (nSPS) is 12.6. The zero-order chi connectivity index (χ0) is 14.5. The molecule has 0 saturated carbocycles. The number of hydrogen-bond donors (Lipinski definition) is 1. The van der Waals surface area contributed by atoms with E-state index in [0.717, 1.165) is 0 Å². The van der Waals surface area contributed by atoms with Gasteiger partial charge in [-0.05, 0) is 28.6 Å². The Morgan fingerprint density at radius 2 is 2.20 bits per heavy atom. The maximum Gasteiger partial charge on any atom is 0.185 e. The van der Waals surface area contributed by atoms with Crippen LogP contribution in [0, 0.1) is 5.82 Å². The number of tetrazole rings is 1. The Morgan fingerprint density at radius 3 is 2.85 bits per heavy atom.